The zero-order chi connectivity index (χ0) is 20.9. The van der Waals surface area contributed by atoms with Crippen molar-refractivity contribution in [2.75, 3.05) is 42.9 Å². The second-order valence-corrected chi connectivity index (χ2v) is 8.70. The molecule has 0 radical (unpaired) electrons. The third kappa shape index (κ3) is 4.79. The van der Waals surface area contributed by atoms with Crippen LogP contribution >= 0.6 is 11.3 Å². The molecular formula is C23H29N5OS. The average Bonchev–Trinajstić information content (AvgIpc) is 3.25. The zero-order valence-corrected chi connectivity index (χ0v) is 18.5. The van der Waals surface area contributed by atoms with E-state index in [0.717, 1.165) is 52.5 Å². The van der Waals surface area contributed by atoms with Gasteiger partial charge in [0, 0.05) is 30.9 Å². The van der Waals surface area contributed by atoms with Gasteiger partial charge in [0.05, 0.1) is 11.4 Å². The summed E-state index contributed by atoms with van der Waals surface area (Å²) in [7, 11) is 0. The lowest BCUT2D eigenvalue weighted by molar-refractivity contribution is -0.117. The molecule has 4 rings (SSSR count). The van der Waals surface area contributed by atoms with Gasteiger partial charge in [-0.1, -0.05) is 29.9 Å². The van der Waals surface area contributed by atoms with Crippen LogP contribution in [-0.4, -0.2) is 53.5 Å². The second-order valence-electron chi connectivity index (χ2n) is 7.70. The van der Waals surface area contributed by atoms with Crippen LogP contribution in [0.4, 0.5) is 10.9 Å². The van der Waals surface area contributed by atoms with Gasteiger partial charge in [0.15, 0.2) is 5.13 Å². The third-order valence-corrected chi connectivity index (χ3v) is 6.72. The molecule has 7 heteroatoms. The van der Waals surface area contributed by atoms with E-state index in [0.29, 0.717) is 12.4 Å². The third-order valence-electron chi connectivity index (χ3n) is 5.62. The first-order chi connectivity index (χ1) is 14.7. The highest BCUT2D eigenvalue weighted by atomic mass is 32.1. The number of nitrogens with one attached hydrogen (secondary N) is 1. The van der Waals surface area contributed by atoms with E-state index in [1.54, 1.807) is 11.3 Å². The van der Waals surface area contributed by atoms with E-state index < -0.39 is 0 Å². The molecule has 0 atom stereocenters. The van der Waals surface area contributed by atoms with Crippen LogP contribution in [0.25, 0.3) is 21.2 Å². The number of benzene rings is 1. The van der Waals surface area contributed by atoms with Crippen LogP contribution in [0.15, 0.2) is 36.7 Å². The molecule has 1 fully saturated rings. The van der Waals surface area contributed by atoms with E-state index in [2.05, 4.69) is 57.1 Å². The molecule has 0 aliphatic carbocycles. The Kier molecular flexibility index (Phi) is 6.59. The van der Waals surface area contributed by atoms with E-state index in [4.69, 9.17) is 0 Å². The summed E-state index contributed by atoms with van der Waals surface area (Å²) < 4.78 is 0. The molecule has 158 valence electrons. The Labute approximate surface area is 181 Å². The van der Waals surface area contributed by atoms with Crippen LogP contribution in [0, 0.1) is 0 Å². The van der Waals surface area contributed by atoms with Crippen LogP contribution in [0.3, 0.4) is 0 Å². The zero-order valence-electron chi connectivity index (χ0n) is 17.7. The number of piperidine rings is 1. The molecule has 0 spiro atoms. The maximum absolute atomic E-state index is 12.4. The van der Waals surface area contributed by atoms with Crippen molar-refractivity contribution in [3.05, 3.63) is 36.7 Å². The molecule has 3 heterocycles. The number of carbonyl (C=O) groups is 1. The Bertz CT molecular complexity index is 1010. The van der Waals surface area contributed by atoms with Crippen molar-refractivity contribution in [2.24, 2.45) is 0 Å². The molecule has 2 aromatic heterocycles. The van der Waals surface area contributed by atoms with Crippen molar-refractivity contribution in [2.45, 2.75) is 33.1 Å². The molecule has 1 aromatic carbocycles. The number of nitrogens with zero attached hydrogens (tertiary/aromatic N) is 4. The summed E-state index contributed by atoms with van der Waals surface area (Å²) >= 11 is 1.71. The molecule has 1 aliphatic heterocycles. The lowest BCUT2D eigenvalue weighted by Gasteiger charge is -2.25. The number of thiazole rings is 1. The predicted octanol–water partition coefficient (Wildman–Crippen LogP) is 4.63. The van der Waals surface area contributed by atoms with Crippen LogP contribution < -0.4 is 10.2 Å². The molecule has 0 saturated carbocycles. The summed E-state index contributed by atoms with van der Waals surface area (Å²) in [6, 6.07) is 8.29. The molecular weight excluding hydrogens is 394 g/mol. The molecule has 0 unspecified atom stereocenters. The maximum atomic E-state index is 12.4. The standard InChI is InChI=1S/C23H29N5OS/c1-3-28(4-2)23-25-15-20(30-23)17-8-9-18-14-24-21(13-19(18)12-17)26-22(29)16-27-10-6-5-7-11-27/h8-9,12-15H,3-7,10-11,16H2,1-2H3,(H,24,26,29). The molecule has 1 N–H and O–H groups in total. The van der Waals surface area contributed by atoms with Gasteiger partial charge in [0.2, 0.25) is 5.91 Å². The number of aromatic nitrogens is 2. The fourth-order valence-corrected chi connectivity index (χ4v) is 4.94. The fraction of sp³-hybridized carbons (Fsp3) is 0.435. The predicted molar refractivity (Wildman–Crippen MR) is 125 cm³/mol. The second kappa shape index (κ2) is 9.53. The Morgan fingerprint density at radius 2 is 1.87 bits per heavy atom. The molecule has 1 aliphatic rings. The van der Waals surface area contributed by atoms with Crippen LogP contribution in [0.2, 0.25) is 0 Å². The number of hydrogen-bond donors (Lipinski definition) is 1. The van der Waals surface area contributed by atoms with E-state index in [1.165, 1.54) is 19.3 Å². The van der Waals surface area contributed by atoms with E-state index in [1.807, 2.05) is 18.5 Å². The van der Waals surface area contributed by atoms with Gasteiger partial charge in [-0.3, -0.25) is 9.69 Å². The first-order valence-electron chi connectivity index (χ1n) is 10.8. The number of fused-ring (bicyclic) bond motifs is 1. The van der Waals surface area contributed by atoms with Gasteiger partial charge in [-0.25, -0.2) is 9.97 Å². The largest absolute Gasteiger partial charge is 0.349 e. The number of likely N-dealkylation sites (tertiary alicyclic amines) is 1. The minimum Gasteiger partial charge on any atom is -0.349 e. The molecule has 6 nitrogen and oxygen atoms in total. The summed E-state index contributed by atoms with van der Waals surface area (Å²) in [4.78, 5) is 27.1. The first kappa shape index (κ1) is 20.8. The monoisotopic (exact) mass is 423 g/mol. The lowest BCUT2D eigenvalue weighted by Crippen LogP contribution is -2.36. The van der Waals surface area contributed by atoms with Crippen molar-refractivity contribution in [3.8, 4) is 10.4 Å². The molecule has 1 saturated heterocycles. The average molecular weight is 424 g/mol. The molecule has 3 aromatic rings. The van der Waals surface area contributed by atoms with Crippen molar-refractivity contribution < 1.29 is 4.79 Å². The van der Waals surface area contributed by atoms with Crippen molar-refractivity contribution >= 4 is 39.0 Å². The van der Waals surface area contributed by atoms with Gasteiger partial charge in [-0.2, -0.15) is 0 Å². The number of rotatable bonds is 7. The summed E-state index contributed by atoms with van der Waals surface area (Å²) in [6.45, 7) is 8.65. The van der Waals surface area contributed by atoms with Gasteiger partial charge < -0.3 is 10.2 Å². The summed E-state index contributed by atoms with van der Waals surface area (Å²) in [5, 5.41) is 6.14. The number of pyridine rings is 1. The van der Waals surface area contributed by atoms with Crippen molar-refractivity contribution in [1.29, 1.82) is 0 Å². The highest BCUT2D eigenvalue weighted by Crippen LogP contribution is 2.33. The SMILES string of the molecule is CCN(CC)c1ncc(-c2ccc3cnc(NC(=O)CN4CCCCC4)cc3c2)s1. The summed E-state index contributed by atoms with van der Waals surface area (Å²) in [6.07, 6.45) is 7.39. The van der Waals surface area contributed by atoms with Crippen molar-refractivity contribution in [1.82, 2.24) is 14.9 Å². The quantitative estimate of drug-likeness (QED) is 0.600. The van der Waals surface area contributed by atoms with Crippen molar-refractivity contribution in [3.63, 3.8) is 0 Å². The Balaban J connectivity index is 1.50. The number of hydrogen-bond acceptors (Lipinski definition) is 6. The number of amides is 1. The Hall–Kier alpha value is -2.51. The molecule has 0 bridgehead atoms. The molecule has 1 amide bonds. The van der Waals surface area contributed by atoms with E-state index >= 15 is 0 Å². The van der Waals surface area contributed by atoms with Gasteiger partial charge in [-0.05, 0) is 62.9 Å². The van der Waals surface area contributed by atoms with Gasteiger partial charge in [0.1, 0.15) is 5.82 Å². The number of carbonyl (C=O) groups excluding carboxylic acids is 1. The highest BCUT2D eigenvalue weighted by molar-refractivity contribution is 7.18. The highest BCUT2D eigenvalue weighted by Gasteiger charge is 2.15. The summed E-state index contributed by atoms with van der Waals surface area (Å²) in [5.41, 5.74) is 1.13. The Morgan fingerprint density at radius 3 is 2.63 bits per heavy atom. The van der Waals surface area contributed by atoms with Gasteiger partial charge >= 0.3 is 0 Å². The van der Waals surface area contributed by atoms with Crippen LogP contribution in [0.1, 0.15) is 33.1 Å². The van der Waals surface area contributed by atoms with Gasteiger partial charge in [0.25, 0.3) is 0 Å². The maximum Gasteiger partial charge on any atom is 0.239 e. The fourth-order valence-electron chi connectivity index (χ4n) is 3.90. The minimum absolute atomic E-state index is 0.00576. The van der Waals surface area contributed by atoms with Crippen LogP contribution in [0.5, 0.6) is 0 Å². The topological polar surface area (TPSA) is 61.4 Å². The first-order valence-corrected chi connectivity index (χ1v) is 11.6. The van der Waals surface area contributed by atoms with Crippen LogP contribution in [-0.2, 0) is 4.79 Å². The summed E-state index contributed by atoms with van der Waals surface area (Å²) in [5.74, 6) is 0.612. The number of anilines is 2. The normalized spacial score (nSPS) is 14.7. The lowest BCUT2D eigenvalue weighted by atomic mass is 10.1. The van der Waals surface area contributed by atoms with E-state index in [-0.39, 0.29) is 5.91 Å². The van der Waals surface area contributed by atoms with Gasteiger partial charge in [-0.15, -0.1) is 0 Å². The van der Waals surface area contributed by atoms with E-state index in [9.17, 15) is 4.79 Å². The minimum atomic E-state index is 0.00576. The smallest absolute Gasteiger partial charge is 0.239 e. The molecule has 30 heavy (non-hydrogen) atoms. The Morgan fingerprint density at radius 1 is 1.07 bits per heavy atom.